The molecule has 1 saturated carbocycles. The van der Waals surface area contributed by atoms with E-state index < -0.39 is 0 Å². The second-order valence-electron chi connectivity index (χ2n) is 4.55. The molecular weight excluding hydrogens is 226 g/mol. The molecular formula is C15H17NO2. The molecule has 1 aromatic rings. The molecule has 0 bridgehead atoms. The Morgan fingerprint density at radius 3 is 2.94 bits per heavy atom. The molecule has 0 atom stereocenters. The zero-order valence-corrected chi connectivity index (χ0v) is 10.3. The van der Waals surface area contributed by atoms with Crippen LogP contribution in [0.5, 0.6) is 0 Å². The molecule has 2 N–H and O–H groups in total. The van der Waals surface area contributed by atoms with Gasteiger partial charge in [-0.3, -0.25) is 4.79 Å². The van der Waals surface area contributed by atoms with E-state index in [-0.39, 0.29) is 12.5 Å². The molecule has 0 heterocycles. The minimum absolute atomic E-state index is 0.0467. The van der Waals surface area contributed by atoms with Gasteiger partial charge in [-0.1, -0.05) is 24.3 Å². The summed E-state index contributed by atoms with van der Waals surface area (Å²) in [6.07, 6.45) is 3.73. The molecule has 18 heavy (non-hydrogen) atoms. The normalized spacial score (nSPS) is 14.3. The summed E-state index contributed by atoms with van der Waals surface area (Å²) in [4.78, 5) is 11.9. The van der Waals surface area contributed by atoms with Crippen LogP contribution < -0.4 is 5.32 Å². The van der Waals surface area contributed by atoms with Crippen LogP contribution in [0.3, 0.4) is 0 Å². The summed E-state index contributed by atoms with van der Waals surface area (Å²) in [7, 11) is 0. The minimum atomic E-state index is -0.169. The Morgan fingerprint density at radius 2 is 2.28 bits per heavy atom. The number of nitrogens with one attached hydrogen (secondary N) is 1. The lowest BCUT2D eigenvalue weighted by Gasteiger charge is -2.25. The van der Waals surface area contributed by atoms with E-state index in [1.165, 1.54) is 19.3 Å². The molecule has 0 unspecified atom stereocenters. The lowest BCUT2D eigenvalue weighted by Crippen LogP contribution is -2.32. The zero-order valence-electron chi connectivity index (χ0n) is 10.3. The molecule has 0 aliphatic heterocycles. The number of hydrogen-bond donors (Lipinski definition) is 2. The van der Waals surface area contributed by atoms with Crippen molar-refractivity contribution in [3.8, 4) is 11.8 Å². The summed E-state index contributed by atoms with van der Waals surface area (Å²) < 4.78 is 0. The summed E-state index contributed by atoms with van der Waals surface area (Å²) in [6.45, 7) is 0.601. The molecule has 2 rings (SSSR count). The van der Waals surface area contributed by atoms with Gasteiger partial charge in [-0.25, -0.2) is 0 Å². The van der Waals surface area contributed by atoms with E-state index >= 15 is 0 Å². The maximum atomic E-state index is 11.9. The van der Waals surface area contributed by atoms with Crippen molar-refractivity contribution in [2.45, 2.75) is 19.3 Å². The van der Waals surface area contributed by atoms with Crippen LogP contribution in [0.25, 0.3) is 0 Å². The van der Waals surface area contributed by atoms with Crippen molar-refractivity contribution in [3.63, 3.8) is 0 Å². The number of hydrogen-bond acceptors (Lipinski definition) is 2. The summed E-state index contributed by atoms with van der Waals surface area (Å²) in [6, 6.07) is 7.16. The highest BCUT2D eigenvalue weighted by Crippen LogP contribution is 2.25. The minimum Gasteiger partial charge on any atom is -0.384 e. The molecule has 1 aliphatic carbocycles. The Bertz CT molecular complexity index is 481. The highest BCUT2D eigenvalue weighted by Gasteiger charge is 2.18. The third kappa shape index (κ3) is 3.35. The monoisotopic (exact) mass is 243 g/mol. The van der Waals surface area contributed by atoms with Gasteiger partial charge in [0.05, 0.1) is 0 Å². The van der Waals surface area contributed by atoms with Crippen molar-refractivity contribution in [2.75, 3.05) is 13.2 Å². The van der Waals surface area contributed by atoms with Crippen molar-refractivity contribution in [1.29, 1.82) is 0 Å². The maximum Gasteiger partial charge on any atom is 0.251 e. The van der Waals surface area contributed by atoms with Gasteiger partial charge in [0, 0.05) is 17.7 Å². The SMILES string of the molecule is O=C(NCC1CCC1)c1cccc(C#CCO)c1. The number of aliphatic hydroxyl groups excluding tert-OH is 1. The van der Waals surface area contributed by atoms with E-state index in [1.54, 1.807) is 18.2 Å². The Kier molecular flexibility index (Phi) is 4.38. The maximum absolute atomic E-state index is 11.9. The molecule has 1 aliphatic rings. The second kappa shape index (κ2) is 6.23. The number of amides is 1. The van der Waals surface area contributed by atoms with Crippen LogP contribution in [-0.4, -0.2) is 24.2 Å². The van der Waals surface area contributed by atoms with E-state index in [2.05, 4.69) is 17.2 Å². The summed E-state index contributed by atoms with van der Waals surface area (Å²) in [5.41, 5.74) is 1.37. The number of carbonyl (C=O) groups excluding carboxylic acids is 1. The first kappa shape index (κ1) is 12.7. The van der Waals surface area contributed by atoms with Gasteiger partial charge in [0.25, 0.3) is 5.91 Å². The average molecular weight is 243 g/mol. The van der Waals surface area contributed by atoms with E-state index in [4.69, 9.17) is 5.11 Å². The van der Waals surface area contributed by atoms with E-state index in [0.29, 0.717) is 11.5 Å². The third-order valence-corrected chi connectivity index (χ3v) is 3.21. The van der Waals surface area contributed by atoms with Crippen LogP contribution in [-0.2, 0) is 0 Å². The molecule has 94 valence electrons. The molecule has 1 fully saturated rings. The number of benzene rings is 1. The van der Waals surface area contributed by atoms with Gasteiger partial charge >= 0.3 is 0 Å². The van der Waals surface area contributed by atoms with Crippen LogP contribution in [0.15, 0.2) is 24.3 Å². The smallest absolute Gasteiger partial charge is 0.251 e. The molecule has 0 aromatic heterocycles. The molecule has 0 spiro atoms. The first-order valence-electron chi connectivity index (χ1n) is 6.27. The Morgan fingerprint density at radius 1 is 1.44 bits per heavy atom. The van der Waals surface area contributed by atoms with E-state index in [9.17, 15) is 4.79 Å². The second-order valence-corrected chi connectivity index (χ2v) is 4.55. The number of rotatable bonds is 3. The van der Waals surface area contributed by atoms with Crippen LogP contribution in [0.2, 0.25) is 0 Å². The van der Waals surface area contributed by atoms with Gasteiger partial charge in [-0.05, 0) is 37.0 Å². The van der Waals surface area contributed by atoms with Gasteiger partial charge < -0.3 is 10.4 Å². The molecule has 1 aromatic carbocycles. The predicted octanol–water partition coefficient (Wildman–Crippen LogP) is 1.56. The lowest BCUT2D eigenvalue weighted by molar-refractivity contribution is 0.0939. The highest BCUT2D eigenvalue weighted by atomic mass is 16.2. The Labute approximate surface area is 107 Å². The van der Waals surface area contributed by atoms with Gasteiger partial charge in [0.2, 0.25) is 0 Å². The largest absolute Gasteiger partial charge is 0.384 e. The average Bonchev–Trinajstić information content (AvgIpc) is 2.34. The van der Waals surface area contributed by atoms with Crippen molar-refractivity contribution in [3.05, 3.63) is 35.4 Å². The molecule has 0 saturated heterocycles. The van der Waals surface area contributed by atoms with Gasteiger partial charge in [-0.15, -0.1) is 0 Å². The van der Waals surface area contributed by atoms with Crippen molar-refractivity contribution in [1.82, 2.24) is 5.32 Å². The molecule has 0 radical (unpaired) electrons. The van der Waals surface area contributed by atoms with Crippen LogP contribution in [0.4, 0.5) is 0 Å². The zero-order chi connectivity index (χ0) is 12.8. The molecule has 1 amide bonds. The Balaban J connectivity index is 1.95. The van der Waals surface area contributed by atoms with Crippen molar-refractivity contribution < 1.29 is 9.90 Å². The summed E-state index contributed by atoms with van der Waals surface area (Å²) >= 11 is 0. The van der Waals surface area contributed by atoms with Gasteiger partial charge in [-0.2, -0.15) is 0 Å². The summed E-state index contributed by atoms with van der Waals surface area (Å²) in [5.74, 6) is 5.98. The predicted molar refractivity (Wildman–Crippen MR) is 70.1 cm³/mol. The van der Waals surface area contributed by atoms with Crippen molar-refractivity contribution in [2.24, 2.45) is 5.92 Å². The third-order valence-electron chi connectivity index (χ3n) is 3.21. The quantitative estimate of drug-likeness (QED) is 0.792. The first-order valence-corrected chi connectivity index (χ1v) is 6.27. The number of aliphatic hydroxyl groups is 1. The van der Waals surface area contributed by atoms with E-state index in [1.807, 2.05) is 6.07 Å². The van der Waals surface area contributed by atoms with Crippen LogP contribution in [0, 0.1) is 17.8 Å². The number of carbonyl (C=O) groups is 1. The van der Waals surface area contributed by atoms with Crippen LogP contribution >= 0.6 is 0 Å². The fourth-order valence-electron chi connectivity index (χ4n) is 1.92. The van der Waals surface area contributed by atoms with Crippen molar-refractivity contribution >= 4 is 5.91 Å². The van der Waals surface area contributed by atoms with E-state index in [0.717, 1.165) is 12.1 Å². The Hall–Kier alpha value is -1.79. The van der Waals surface area contributed by atoms with Crippen LogP contribution in [0.1, 0.15) is 35.2 Å². The topological polar surface area (TPSA) is 49.3 Å². The fourth-order valence-corrected chi connectivity index (χ4v) is 1.92. The summed E-state index contributed by atoms with van der Waals surface area (Å²) in [5, 5.41) is 11.6. The highest BCUT2D eigenvalue weighted by molar-refractivity contribution is 5.94. The standard InChI is InChI=1S/C15H17NO2/c17-9-3-7-12-4-2-8-14(10-12)15(18)16-11-13-5-1-6-13/h2,4,8,10,13,17H,1,5-6,9,11H2,(H,16,18). The molecule has 3 heteroatoms. The van der Waals surface area contributed by atoms with Gasteiger partial charge in [0.1, 0.15) is 6.61 Å². The first-order chi connectivity index (χ1) is 8.79. The van der Waals surface area contributed by atoms with Gasteiger partial charge in [0.15, 0.2) is 0 Å². The fraction of sp³-hybridized carbons (Fsp3) is 0.400. The molecule has 3 nitrogen and oxygen atoms in total. The lowest BCUT2D eigenvalue weighted by atomic mass is 9.85.